The van der Waals surface area contributed by atoms with Crippen LogP contribution in [-0.4, -0.2) is 25.8 Å². The topological polar surface area (TPSA) is 44.8 Å². The van der Waals surface area contributed by atoms with Gasteiger partial charge in [-0.2, -0.15) is 0 Å². The molecule has 1 fully saturated rings. The van der Waals surface area contributed by atoms with Crippen molar-refractivity contribution >= 4 is 17.6 Å². The maximum absolute atomic E-state index is 13.0. The number of carbonyl (C=O) groups excluding carboxylic acids is 1. The van der Waals surface area contributed by atoms with Gasteiger partial charge in [0.2, 0.25) is 0 Å². The van der Waals surface area contributed by atoms with Crippen LogP contribution in [0.5, 0.6) is 0 Å². The minimum Gasteiger partial charge on any atom is -0.462 e. The zero-order valence-corrected chi connectivity index (χ0v) is 17.3. The first kappa shape index (κ1) is 19.3. The van der Waals surface area contributed by atoms with Crippen LogP contribution in [0.3, 0.4) is 0 Å². The number of rotatable bonds is 3. The molecule has 0 aromatic heterocycles. The predicted octanol–water partition coefficient (Wildman–Crippen LogP) is 5.07. The van der Waals surface area contributed by atoms with E-state index in [1.807, 2.05) is 24.3 Å². The molecule has 1 spiro atoms. The molecule has 3 aromatic rings. The lowest BCUT2D eigenvalue weighted by Crippen LogP contribution is -2.54. The third-order valence-corrected chi connectivity index (χ3v) is 6.24. The number of hydrogen-bond acceptors (Lipinski definition) is 4. The number of halogens is 1. The van der Waals surface area contributed by atoms with Crippen LogP contribution in [0.25, 0.3) is 11.1 Å². The lowest BCUT2D eigenvalue weighted by atomic mass is 9.78. The standard InChI is InChI=1S/C25H21ClO4/c1-2-28-23(27)25(17-11-13-18(26)14-12-17)29-15-24(16-30-25)21-9-5-3-7-19(21)20-8-4-6-10-22(20)24/h3-14H,2,15-16H2,1H3. The fourth-order valence-corrected chi connectivity index (χ4v) is 4.68. The third kappa shape index (κ3) is 2.72. The average Bonchev–Trinajstić information content (AvgIpc) is 3.06. The first-order valence-electron chi connectivity index (χ1n) is 10.0. The van der Waals surface area contributed by atoms with Gasteiger partial charge in [0.1, 0.15) is 0 Å². The second-order valence-electron chi connectivity index (χ2n) is 7.59. The first-order chi connectivity index (χ1) is 14.6. The summed E-state index contributed by atoms with van der Waals surface area (Å²) in [5.74, 6) is -2.17. The molecule has 3 aromatic carbocycles. The maximum atomic E-state index is 13.0. The Morgan fingerprint density at radius 3 is 1.97 bits per heavy atom. The number of fused-ring (bicyclic) bond motifs is 5. The average molecular weight is 421 g/mol. The highest BCUT2D eigenvalue weighted by Crippen LogP contribution is 2.52. The molecule has 0 N–H and O–H groups in total. The molecule has 0 saturated carbocycles. The highest BCUT2D eigenvalue weighted by atomic mass is 35.5. The summed E-state index contributed by atoms with van der Waals surface area (Å²) in [6.07, 6.45) is 0. The van der Waals surface area contributed by atoms with E-state index < -0.39 is 17.2 Å². The van der Waals surface area contributed by atoms with Crippen molar-refractivity contribution in [2.75, 3.05) is 19.8 Å². The molecule has 0 unspecified atom stereocenters. The Kier molecular flexibility index (Phi) is 4.66. The molecular weight excluding hydrogens is 400 g/mol. The Hall–Kier alpha value is -2.66. The Morgan fingerprint density at radius 1 is 0.900 bits per heavy atom. The van der Waals surface area contributed by atoms with E-state index in [0.717, 1.165) is 11.1 Å². The molecule has 0 radical (unpaired) electrons. The van der Waals surface area contributed by atoms with Crippen LogP contribution in [0.1, 0.15) is 23.6 Å². The zero-order chi connectivity index (χ0) is 20.8. The van der Waals surface area contributed by atoms with Crippen LogP contribution >= 0.6 is 11.6 Å². The molecule has 1 aliphatic carbocycles. The van der Waals surface area contributed by atoms with Crippen molar-refractivity contribution in [1.29, 1.82) is 0 Å². The molecule has 1 aliphatic heterocycles. The summed E-state index contributed by atoms with van der Waals surface area (Å²) < 4.78 is 18.0. The molecule has 152 valence electrons. The van der Waals surface area contributed by atoms with Crippen molar-refractivity contribution in [3.05, 3.63) is 94.5 Å². The summed E-state index contributed by atoms with van der Waals surface area (Å²) in [7, 11) is 0. The largest absolute Gasteiger partial charge is 0.462 e. The second kappa shape index (κ2) is 7.24. The van der Waals surface area contributed by atoms with Crippen molar-refractivity contribution in [2.24, 2.45) is 0 Å². The van der Waals surface area contributed by atoms with Gasteiger partial charge in [0.15, 0.2) is 0 Å². The number of benzene rings is 3. The maximum Gasteiger partial charge on any atom is 0.372 e. The van der Waals surface area contributed by atoms with E-state index in [-0.39, 0.29) is 6.61 Å². The molecule has 1 saturated heterocycles. The molecule has 30 heavy (non-hydrogen) atoms. The van der Waals surface area contributed by atoms with Gasteiger partial charge >= 0.3 is 5.97 Å². The third-order valence-electron chi connectivity index (χ3n) is 5.99. The van der Waals surface area contributed by atoms with Gasteiger partial charge in [-0.25, -0.2) is 4.79 Å². The van der Waals surface area contributed by atoms with Crippen LogP contribution in [0.15, 0.2) is 72.8 Å². The van der Waals surface area contributed by atoms with Gasteiger partial charge in [-0.05, 0) is 41.3 Å². The Labute approximate surface area is 180 Å². The lowest BCUT2D eigenvalue weighted by Gasteiger charge is -2.44. The van der Waals surface area contributed by atoms with Gasteiger partial charge in [-0.15, -0.1) is 0 Å². The molecule has 5 rings (SSSR count). The molecule has 4 nitrogen and oxygen atoms in total. The van der Waals surface area contributed by atoms with Gasteiger partial charge in [0.05, 0.1) is 25.2 Å². The fraction of sp³-hybridized carbons (Fsp3) is 0.240. The highest BCUT2D eigenvalue weighted by molar-refractivity contribution is 6.30. The van der Waals surface area contributed by atoms with Crippen molar-refractivity contribution < 1.29 is 19.0 Å². The zero-order valence-electron chi connectivity index (χ0n) is 16.6. The van der Waals surface area contributed by atoms with Gasteiger partial charge in [-0.1, -0.05) is 72.3 Å². The lowest BCUT2D eigenvalue weighted by molar-refractivity contribution is -0.290. The number of carbonyl (C=O) groups is 1. The van der Waals surface area contributed by atoms with Gasteiger partial charge in [0, 0.05) is 10.6 Å². The van der Waals surface area contributed by atoms with Gasteiger partial charge in [0.25, 0.3) is 5.79 Å². The van der Waals surface area contributed by atoms with E-state index >= 15 is 0 Å². The van der Waals surface area contributed by atoms with Crippen LogP contribution in [0.4, 0.5) is 0 Å². The van der Waals surface area contributed by atoms with Crippen LogP contribution in [-0.2, 0) is 30.2 Å². The Morgan fingerprint density at radius 2 is 1.43 bits per heavy atom. The van der Waals surface area contributed by atoms with Gasteiger partial charge in [-0.3, -0.25) is 0 Å². The van der Waals surface area contributed by atoms with Crippen molar-refractivity contribution in [3.63, 3.8) is 0 Å². The monoisotopic (exact) mass is 420 g/mol. The summed E-state index contributed by atoms with van der Waals surface area (Å²) in [4.78, 5) is 13.0. The van der Waals surface area contributed by atoms with Gasteiger partial charge < -0.3 is 14.2 Å². The van der Waals surface area contributed by atoms with E-state index in [4.69, 9.17) is 25.8 Å². The summed E-state index contributed by atoms with van der Waals surface area (Å²) in [5.41, 5.74) is 4.75. The minimum absolute atomic E-state index is 0.234. The Bertz CT molecular complexity index is 1050. The van der Waals surface area contributed by atoms with Crippen LogP contribution in [0, 0.1) is 0 Å². The Balaban J connectivity index is 1.58. The predicted molar refractivity (Wildman–Crippen MR) is 114 cm³/mol. The SMILES string of the molecule is CCOC(=O)C1(c2ccc(Cl)cc2)OCC2(CO1)c1ccccc1-c1ccccc12. The summed E-state index contributed by atoms with van der Waals surface area (Å²) in [6, 6.07) is 23.5. The molecule has 2 aliphatic rings. The molecule has 0 bridgehead atoms. The quantitative estimate of drug-likeness (QED) is 0.555. The van der Waals surface area contributed by atoms with Crippen molar-refractivity contribution in [2.45, 2.75) is 18.1 Å². The summed E-state index contributed by atoms with van der Waals surface area (Å²) >= 11 is 6.05. The van der Waals surface area contributed by atoms with Crippen molar-refractivity contribution in [1.82, 2.24) is 0 Å². The molecule has 0 atom stereocenters. The van der Waals surface area contributed by atoms with Crippen molar-refractivity contribution in [3.8, 4) is 11.1 Å². The summed E-state index contributed by atoms with van der Waals surface area (Å²) in [5, 5.41) is 0.573. The fourth-order valence-electron chi connectivity index (χ4n) is 4.56. The first-order valence-corrected chi connectivity index (χ1v) is 10.4. The number of ether oxygens (including phenoxy) is 3. The molecule has 5 heteroatoms. The van der Waals surface area contributed by atoms with E-state index in [2.05, 4.69) is 24.3 Å². The molecular formula is C25H21ClO4. The highest BCUT2D eigenvalue weighted by Gasteiger charge is 2.55. The molecule has 0 amide bonds. The van der Waals surface area contributed by atoms with E-state index in [1.54, 1.807) is 31.2 Å². The van der Waals surface area contributed by atoms with E-state index in [1.165, 1.54) is 11.1 Å². The molecule has 1 heterocycles. The van der Waals surface area contributed by atoms with E-state index in [0.29, 0.717) is 23.8 Å². The second-order valence-corrected chi connectivity index (χ2v) is 8.03. The van der Waals surface area contributed by atoms with E-state index in [9.17, 15) is 4.79 Å². The van der Waals surface area contributed by atoms with Crippen LogP contribution in [0.2, 0.25) is 5.02 Å². The smallest absolute Gasteiger partial charge is 0.372 e. The number of esters is 1. The normalized spacial score (nSPS) is 17.9. The number of hydrogen-bond donors (Lipinski definition) is 0. The van der Waals surface area contributed by atoms with Crippen LogP contribution < -0.4 is 0 Å². The minimum atomic E-state index is -1.61. The summed E-state index contributed by atoms with van der Waals surface area (Å²) in [6.45, 7) is 2.59.